The number of pyridine rings is 1. The predicted octanol–water partition coefficient (Wildman–Crippen LogP) is 3.79. The van der Waals surface area contributed by atoms with Crippen LogP contribution < -0.4 is 10.1 Å². The fraction of sp³-hybridized carbons (Fsp3) is 0.429. The van der Waals surface area contributed by atoms with Crippen LogP contribution in [0.4, 0.5) is 4.79 Å². The lowest BCUT2D eigenvalue weighted by Crippen LogP contribution is -2.45. The highest BCUT2D eigenvalue weighted by Gasteiger charge is 2.33. The van der Waals surface area contributed by atoms with Gasteiger partial charge in [0.2, 0.25) is 0 Å². The quantitative estimate of drug-likeness (QED) is 0.786. The molecule has 0 spiro atoms. The first-order valence-corrected chi connectivity index (χ1v) is 9.34. The van der Waals surface area contributed by atoms with Crippen molar-refractivity contribution in [3.8, 4) is 5.75 Å². The summed E-state index contributed by atoms with van der Waals surface area (Å²) >= 11 is 0. The van der Waals surface area contributed by atoms with Crippen LogP contribution in [0.25, 0.3) is 0 Å². The Hall–Kier alpha value is -2.56. The molecule has 0 aliphatic heterocycles. The molecular formula is C21H27N3O2. The van der Waals surface area contributed by atoms with Crippen molar-refractivity contribution >= 4 is 6.03 Å². The van der Waals surface area contributed by atoms with Crippen molar-refractivity contribution < 1.29 is 9.53 Å². The van der Waals surface area contributed by atoms with Gasteiger partial charge in [0.05, 0.1) is 13.2 Å². The number of para-hydroxylation sites is 1. The van der Waals surface area contributed by atoms with E-state index >= 15 is 0 Å². The first kappa shape index (κ1) is 18.2. The molecule has 0 radical (unpaired) electrons. The summed E-state index contributed by atoms with van der Waals surface area (Å²) in [5.41, 5.74) is 2.18. The highest BCUT2D eigenvalue weighted by molar-refractivity contribution is 5.75. The van der Waals surface area contributed by atoms with E-state index in [1.54, 1.807) is 6.20 Å². The molecule has 1 heterocycles. The van der Waals surface area contributed by atoms with Crippen LogP contribution in [0.3, 0.4) is 0 Å². The molecule has 1 aromatic carbocycles. The summed E-state index contributed by atoms with van der Waals surface area (Å²) in [6.07, 6.45) is 6.52. The maximum atomic E-state index is 12.9. The Bertz CT molecular complexity index is 716. The zero-order valence-electron chi connectivity index (χ0n) is 15.5. The Morgan fingerprint density at radius 3 is 2.81 bits per heavy atom. The molecule has 1 atom stereocenters. The third-order valence-electron chi connectivity index (χ3n) is 4.50. The number of nitrogens with one attached hydrogen (secondary N) is 1. The number of benzene rings is 1. The number of amides is 2. The van der Waals surface area contributed by atoms with E-state index in [9.17, 15) is 4.79 Å². The maximum absolute atomic E-state index is 12.9. The third-order valence-corrected chi connectivity index (χ3v) is 4.50. The lowest BCUT2D eigenvalue weighted by atomic mass is 10.1. The van der Waals surface area contributed by atoms with Crippen LogP contribution >= 0.6 is 0 Å². The van der Waals surface area contributed by atoms with Crippen molar-refractivity contribution in [2.45, 2.75) is 51.7 Å². The number of ether oxygens (including phenoxy) is 1. The van der Waals surface area contributed by atoms with Gasteiger partial charge in [-0.15, -0.1) is 0 Å². The molecule has 0 bridgehead atoms. The smallest absolute Gasteiger partial charge is 0.318 e. The first-order valence-electron chi connectivity index (χ1n) is 9.34. The van der Waals surface area contributed by atoms with Crippen molar-refractivity contribution in [1.82, 2.24) is 15.2 Å². The number of hydrogen-bond donors (Lipinski definition) is 1. The summed E-state index contributed by atoms with van der Waals surface area (Å²) in [6, 6.07) is 12.3. The van der Waals surface area contributed by atoms with Crippen LogP contribution in [0, 0.1) is 0 Å². The Balaban J connectivity index is 1.63. The molecule has 1 aliphatic carbocycles. The summed E-state index contributed by atoms with van der Waals surface area (Å²) in [5, 5.41) is 3.14. The monoisotopic (exact) mass is 353 g/mol. The van der Waals surface area contributed by atoms with E-state index < -0.39 is 0 Å². The first-order chi connectivity index (χ1) is 12.7. The molecule has 1 aromatic heterocycles. The lowest BCUT2D eigenvalue weighted by molar-refractivity contribution is 0.187. The second kappa shape index (κ2) is 8.70. The van der Waals surface area contributed by atoms with Gasteiger partial charge in [0.25, 0.3) is 0 Å². The fourth-order valence-electron chi connectivity index (χ4n) is 3.08. The largest absolute Gasteiger partial charge is 0.494 e. The van der Waals surface area contributed by atoms with Gasteiger partial charge in [0.1, 0.15) is 5.75 Å². The zero-order chi connectivity index (χ0) is 18.4. The van der Waals surface area contributed by atoms with Gasteiger partial charge < -0.3 is 15.0 Å². The van der Waals surface area contributed by atoms with Crippen LogP contribution in [0.2, 0.25) is 0 Å². The van der Waals surface area contributed by atoms with Gasteiger partial charge in [-0.2, -0.15) is 0 Å². The Labute approximate surface area is 155 Å². The van der Waals surface area contributed by atoms with E-state index in [0.29, 0.717) is 19.2 Å². The Kier molecular flexibility index (Phi) is 6.10. The highest BCUT2D eigenvalue weighted by Crippen LogP contribution is 2.30. The highest BCUT2D eigenvalue weighted by atomic mass is 16.5. The molecule has 2 amide bonds. The summed E-state index contributed by atoms with van der Waals surface area (Å²) in [5.74, 6) is 0.858. The molecule has 1 fully saturated rings. The molecule has 0 unspecified atom stereocenters. The van der Waals surface area contributed by atoms with Crippen LogP contribution in [-0.2, 0) is 13.0 Å². The molecular weight excluding hydrogens is 326 g/mol. The lowest BCUT2D eigenvalue weighted by Gasteiger charge is -2.26. The molecule has 5 nitrogen and oxygen atoms in total. The Morgan fingerprint density at radius 1 is 1.31 bits per heavy atom. The summed E-state index contributed by atoms with van der Waals surface area (Å²) in [7, 11) is 0. The normalized spacial score (nSPS) is 14.5. The second-order valence-electron chi connectivity index (χ2n) is 6.82. The van der Waals surface area contributed by atoms with Gasteiger partial charge >= 0.3 is 6.03 Å². The number of carbonyl (C=O) groups is 1. The third kappa shape index (κ3) is 4.97. The zero-order valence-corrected chi connectivity index (χ0v) is 15.5. The van der Waals surface area contributed by atoms with Crippen LogP contribution in [0.1, 0.15) is 37.8 Å². The number of rotatable bonds is 8. The second-order valence-corrected chi connectivity index (χ2v) is 6.82. The predicted molar refractivity (Wildman–Crippen MR) is 102 cm³/mol. The number of urea groups is 1. The van der Waals surface area contributed by atoms with Gasteiger partial charge in [-0.25, -0.2) is 4.79 Å². The molecule has 5 heteroatoms. The topological polar surface area (TPSA) is 54.5 Å². The number of carbonyl (C=O) groups excluding carboxylic acids is 1. The van der Waals surface area contributed by atoms with E-state index in [4.69, 9.17) is 4.74 Å². The number of hydrogen-bond acceptors (Lipinski definition) is 3. The van der Waals surface area contributed by atoms with Crippen molar-refractivity contribution in [3.63, 3.8) is 0 Å². The Morgan fingerprint density at radius 2 is 2.12 bits per heavy atom. The van der Waals surface area contributed by atoms with Gasteiger partial charge in [-0.1, -0.05) is 24.3 Å². The fourth-order valence-corrected chi connectivity index (χ4v) is 3.08. The molecule has 138 valence electrons. The van der Waals surface area contributed by atoms with Gasteiger partial charge in [0.15, 0.2) is 0 Å². The molecule has 1 N–H and O–H groups in total. The molecule has 0 saturated heterocycles. The minimum atomic E-state index is -0.00445. The standard InChI is InChI=1S/C21H27N3O2/c1-3-26-20-9-5-4-8-18(20)15-24(19-10-11-19)21(25)23-16(2)13-17-7-6-12-22-14-17/h4-9,12,14,16,19H,3,10-11,13,15H2,1-2H3,(H,23,25)/t16-/m0/s1. The summed E-state index contributed by atoms with van der Waals surface area (Å²) in [4.78, 5) is 18.9. The van der Waals surface area contributed by atoms with Crippen molar-refractivity contribution in [1.29, 1.82) is 0 Å². The van der Waals surface area contributed by atoms with Crippen molar-refractivity contribution in [2.75, 3.05) is 6.61 Å². The van der Waals surface area contributed by atoms with Crippen molar-refractivity contribution in [2.24, 2.45) is 0 Å². The number of nitrogens with zero attached hydrogens (tertiary/aromatic N) is 2. The SMILES string of the molecule is CCOc1ccccc1CN(C(=O)N[C@@H](C)Cc1cccnc1)C1CC1. The van der Waals surface area contributed by atoms with Gasteiger partial charge in [0, 0.05) is 30.0 Å². The molecule has 26 heavy (non-hydrogen) atoms. The number of aromatic nitrogens is 1. The summed E-state index contributed by atoms with van der Waals surface area (Å²) < 4.78 is 5.71. The van der Waals surface area contributed by atoms with Crippen LogP contribution in [-0.4, -0.2) is 34.6 Å². The molecule has 3 rings (SSSR count). The van der Waals surface area contributed by atoms with E-state index in [2.05, 4.69) is 10.3 Å². The van der Waals surface area contributed by atoms with E-state index in [1.807, 2.05) is 61.3 Å². The van der Waals surface area contributed by atoms with E-state index in [-0.39, 0.29) is 12.1 Å². The minimum absolute atomic E-state index is 0.00445. The van der Waals surface area contributed by atoms with Crippen LogP contribution in [0.5, 0.6) is 5.75 Å². The maximum Gasteiger partial charge on any atom is 0.318 e. The van der Waals surface area contributed by atoms with E-state index in [1.165, 1.54) is 0 Å². The molecule has 1 aliphatic rings. The summed E-state index contributed by atoms with van der Waals surface area (Å²) in [6.45, 7) is 5.20. The van der Waals surface area contributed by atoms with Gasteiger partial charge in [-0.3, -0.25) is 4.98 Å². The average Bonchev–Trinajstić information content (AvgIpc) is 3.46. The van der Waals surface area contributed by atoms with Crippen molar-refractivity contribution in [3.05, 3.63) is 59.9 Å². The molecule has 1 saturated carbocycles. The van der Waals surface area contributed by atoms with Crippen LogP contribution in [0.15, 0.2) is 48.8 Å². The molecule has 2 aromatic rings. The minimum Gasteiger partial charge on any atom is -0.494 e. The van der Waals surface area contributed by atoms with Gasteiger partial charge in [-0.05, 0) is 50.8 Å². The van der Waals surface area contributed by atoms with E-state index in [0.717, 1.165) is 36.1 Å². The average molecular weight is 353 g/mol.